The van der Waals surface area contributed by atoms with Crippen molar-refractivity contribution in [2.75, 3.05) is 25.1 Å². The van der Waals surface area contributed by atoms with Crippen molar-refractivity contribution < 1.29 is 9.84 Å². The zero-order chi connectivity index (χ0) is 22.4. The number of piperidine rings is 1. The van der Waals surface area contributed by atoms with Gasteiger partial charge in [0.15, 0.2) is 0 Å². The van der Waals surface area contributed by atoms with Crippen molar-refractivity contribution >= 4 is 29.4 Å². The highest BCUT2D eigenvalue weighted by Gasteiger charge is 2.18. The number of allylic oxidation sites excluding steroid dienone is 2. The number of hydrogen-bond acceptors (Lipinski definition) is 4. The summed E-state index contributed by atoms with van der Waals surface area (Å²) in [4.78, 5) is 6.29. The molecule has 2 aromatic carbocycles. The largest absolute Gasteiger partial charge is 0.495 e. The molecule has 3 rings (SSSR count). The predicted molar refractivity (Wildman–Crippen MR) is 130 cm³/mol. The predicted octanol–water partition coefficient (Wildman–Crippen LogP) is 2.76. The van der Waals surface area contributed by atoms with Crippen LogP contribution >= 0.6 is 0 Å². The van der Waals surface area contributed by atoms with Crippen molar-refractivity contribution in [2.24, 2.45) is 10.7 Å². The van der Waals surface area contributed by atoms with E-state index in [0.717, 1.165) is 58.0 Å². The topological polar surface area (TPSA) is 71.1 Å². The van der Waals surface area contributed by atoms with Crippen molar-refractivity contribution in [2.45, 2.75) is 25.9 Å². The number of anilines is 1. The number of ether oxygens (including phenoxy) is 1. The highest BCUT2D eigenvalue weighted by Crippen LogP contribution is 2.23. The lowest BCUT2D eigenvalue weighted by molar-refractivity contribution is 0.154. The minimum atomic E-state index is -0.257. The minimum absolute atomic E-state index is 0.257. The molecule has 5 heteroatoms. The molecule has 1 atom stereocenters. The molecule has 1 heterocycles. The summed E-state index contributed by atoms with van der Waals surface area (Å²) in [6.07, 6.45) is 5.09. The van der Waals surface area contributed by atoms with Crippen LogP contribution in [0, 0.1) is 0 Å². The van der Waals surface area contributed by atoms with E-state index < -0.39 is 0 Å². The molecule has 0 radical (unpaired) electrons. The van der Waals surface area contributed by atoms with E-state index in [-0.39, 0.29) is 6.10 Å². The molecule has 1 fully saturated rings. The number of hydrogen-bond donors (Lipinski definition) is 2. The Hall–Kier alpha value is -3.31. The number of benzene rings is 2. The standard InChI is InChI=1S/C26H31N3O2/c1-18(13-14-28-20(3)27)22-8-7-19(2)25(16-22)26(31-4)21-9-11-23(12-10-21)29-15-5-6-24(30)17-29/h7-14,16,24,30H,1-2,5-6,15,17H2,3-4H3,(H2,27,28)/b14-13-,26-25-. The molecule has 31 heavy (non-hydrogen) atoms. The number of methoxy groups -OCH3 is 1. The van der Waals surface area contributed by atoms with Crippen LogP contribution in [0.2, 0.25) is 0 Å². The third kappa shape index (κ3) is 5.64. The van der Waals surface area contributed by atoms with Crippen LogP contribution in [0.15, 0.2) is 66.3 Å². The Morgan fingerprint density at radius 3 is 2.58 bits per heavy atom. The Morgan fingerprint density at radius 1 is 1.23 bits per heavy atom. The number of aliphatic hydroxyl groups is 1. The second kappa shape index (κ2) is 10.1. The van der Waals surface area contributed by atoms with Gasteiger partial charge >= 0.3 is 0 Å². The lowest BCUT2D eigenvalue weighted by atomic mass is 10.0. The summed E-state index contributed by atoms with van der Waals surface area (Å²) in [6, 6.07) is 14.2. The van der Waals surface area contributed by atoms with Gasteiger partial charge in [-0.05, 0) is 72.5 Å². The van der Waals surface area contributed by atoms with Crippen LogP contribution in [0.4, 0.5) is 5.69 Å². The Labute approximate surface area is 184 Å². The first kappa shape index (κ1) is 22.4. The third-order valence-corrected chi connectivity index (χ3v) is 5.37. The van der Waals surface area contributed by atoms with Gasteiger partial charge in [0, 0.05) is 35.8 Å². The summed E-state index contributed by atoms with van der Waals surface area (Å²) < 4.78 is 5.79. The Balaban J connectivity index is 1.95. The van der Waals surface area contributed by atoms with Crippen molar-refractivity contribution in [3.8, 4) is 0 Å². The molecule has 0 aliphatic carbocycles. The van der Waals surface area contributed by atoms with Crippen LogP contribution in [0.1, 0.15) is 30.9 Å². The quantitative estimate of drug-likeness (QED) is 0.431. The molecule has 0 aromatic heterocycles. The van der Waals surface area contributed by atoms with Gasteiger partial charge in [0.05, 0.1) is 19.0 Å². The molecular weight excluding hydrogens is 386 g/mol. The van der Waals surface area contributed by atoms with Gasteiger partial charge in [-0.1, -0.05) is 25.3 Å². The van der Waals surface area contributed by atoms with Crippen molar-refractivity contribution in [3.05, 3.63) is 82.9 Å². The maximum absolute atomic E-state index is 9.95. The maximum Gasteiger partial charge on any atom is 0.133 e. The van der Waals surface area contributed by atoms with E-state index in [1.54, 1.807) is 20.2 Å². The average molecular weight is 418 g/mol. The summed E-state index contributed by atoms with van der Waals surface area (Å²) in [7, 11) is 1.67. The molecule has 1 aliphatic heterocycles. The summed E-state index contributed by atoms with van der Waals surface area (Å²) >= 11 is 0. The number of β-amino-alcohol motifs (C(OH)–C–C–N with tert-alkyl or cyclic N) is 1. The number of nitrogens with two attached hydrogens (primary N) is 1. The Bertz CT molecular complexity index is 1100. The third-order valence-electron chi connectivity index (χ3n) is 5.37. The first-order chi connectivity index (χ1) is 14.9. The average Bonchev–Trinajstić information content (AvgIpc) is 2.75. The van der Waals surface area contributed by atoms with Crippen molar-refractivity contribution in [1.82, 2.24) is 0 Å². The summed E-state index contributed by atoms with van der Waals surface area (Å²) in [5.41, 5.74) is 9.42. The molecule has 1 saturated heterocycles. The van der Waals surface area contributed by atoms with E-state index in [4.69, 9.17) is 10.5 Å². The molecular formula is C26H31N3O2. The van der Waals surface area contributed by atoms with Gasteiger partial charge in [-0.3, -0.25) is 0 Å². The van der Waals surface area contributed by atoms with Gasteiger partial charge in [0.2, 0.25) is 0 Å². The van der Waals surface area contributed by atoms with E-state index >= 15 is 0 Å². The second-order valence-corrected chi connectivity index (χ2v) is 7.81. The van der Waals surface area contributed by atoms with Gasteiger partial charge in [0.25, 0.3) is 0 Å². The first-order valence-electron chi connectivity index (χ1n) is 10.5. The van der Waals surface area contributed by atoms with Gasteiger partial charge < -0.3 is 20.5 Å². The Morgan fingerprint density at radius 2 is 1.94 bits per heavy atom. The van der Waals surface area contributed by atoms with E-state index in [2.05, 4.69) is 47.3 Å². The van der Waals surface area contributed by atoms with Crippen LogP contribution < -0.4 is 21.1 Å². The van der Waals surface area contributed by atoms with Crippen LogP contribution in [-0.2, 0) is 4.74 Å². The molecule has 0 amide bonds. The van der Waals surface area contributed by atoms with Crippen molar-refractivity contribution in [3.63, 3.8) is 0 Å². The Kier molecular flexibility index (Phi) is 7.32. The van der Waals surface area contributed by atoms with Gasteiger partial charge in [-0.25, -0.2) is 4.99 Å². The lowest BCUT2D eigenvalue weighted by Gasteiger charge is -2.32. The highest BCUT2D eigenvalue weighted by molar-refractivity contribution is 5.79. The smallest absolute Gasteiger partial charge is 0.133 e. The maximum atomic E-state index is 9.95. The van der Waals surface area contributed by atoms with E-state index in [1.807, 2.05) is 24.3 Å². The molecule has 0 saturated carbocycles. The first-order valence-corrected chi connectivity index (χ1v) is 10.5. The molecule has 0 spiro atoms. The monoisotopic (exact) mass is 417 g/mol. The zero-order valence-corrected chi connectivity index (χ0v) is 18.3. The fourth-order valence-electron chi connectivity index (χ4n) is 3.72. The SMILES string of the molecule is C=C(/C=C\N=C(C)N)c1ccc(=C)/c(=C(\OC)c2ccc(N3CCCC(O)C3)cc2)c1. The molecule has 0 bridgehead atoms. The number of nitrogens with zero attached hydrogens (tertiary/aromatic N) is 2. The molecule has 2 aromatic rings. The van der Waals surface area contributed by atoms with Gasteiger partial charge in [-0.15, -0.1) is 0 Å². The summed E-state index contributed by atoms with van der Waals surface area (Å²) in [5, 5.41) is 11.7. The minimum Gasteiger partial charge on any atom is -0.495 e. The lowest BCUT2D eigenvalue weighted by Crippen LogP contribution is -2.38. The number of rotatable bonds is 6. The van der Waals surface area contributed by atoms with E-state index in [0.29, 0.717) is 12.4 Å². The molecule has 3 N–H and O–H groups in total. The fourth-order valence-corrected chi connectivity index (χ4v) is 3.72. The summed E-state index contributed by atoms with van der Waals surface area (Å²) in [6.45, 7) is 11.7. The number of amidine groups is 1. The molecule has 1 unspecified atom stereocenters. The number of aliphatic imine (C=N–C) groups is 1. The summed E-state index contributed by atoms with van der Waals surface area (Å²) in [5.74, 6) is 1.25. The normalized spacial score (nSPS) is 18.2. The second-order valence-electron chi connectivity index (χ2n) is 7.81. The molecule has 162 valence electrons. The van der Waals surface area contributed by atoms with Gasteiger partial charge in [0.1, 0.15) is 5.76 Å². The molecule has 1 aliphatic rings. The van der Waals surface area contributed by atoms with Crippen LogP contribution in [0.25, 0.3) is 17.9 Å². The molecule has 5 nitrogen and oxygen atoms in total. The van der Waals surface area contributed by atoms with E-state index in [1.165, 1.54) is 0 Å². The van der Waals surface area contributed by atoms with E-state index in [9.17, 15) is 5.11 Å². The van der Waals surface area contributed by atoms with Crippen LogP contribution in [0.3, 0.4) is 0 Å². The van der Waals surface area contributed by atoms with Crippen LogP contribution in [-0.4, -0.2) is 37.2 Å². The van der Waals surface area contributed by atoms with Crippen LogP contribution in [0.5, 0.6) is 0 Å². The van der Waals surface area contributed by atoms with Gasteiger partial charge in [-0.2, -0.15) is 0 Å². The highest BCUT2D eigenvalue weighted by atomic mass is 16.5. The van der Waals surface area contributed by atoms with Crippen molar-refractivity contribution in [1.29, 1.82) is 0 Å². The zero-order valence-electron chi connectivity index (χ0n) is 18.3. The number of aliphatic hydroxyl groups excluding tert-OH is 1. The fraction of sp³-hybridized carbons (Fsp3) is 0.269.